The average molecular weight is 457 g/mol. The van der Waals surface area contributed by atoms with E-state index in [9.17, 15) is 9.18 Å². The number of aromatic nitrogens is 4. The third-order valence-corrected chi connectivity index (χ3v) is 6.06. The molecule has 1 aromatic carbocycles. The van der Waals surface area contributed by atoms with Crippen molar-refractivity contribution in [1.82, 2.24) is 30.0 Å². The number of nitrogens with one attached hydrogen (secondary N) is 3. The minimum atomic E-state index is -0.287. The first kappa shape index (κ1) is 23.0. The first-order valence-electron chi connectivity index (χ1n) is 11.5. The van der Waals surface area contributed by atoms with E-state index in [1.807, 2.05) is 33.8 Å². The average Bonchev–Trinajstić information content (AvgIpc) is 3.29. The number of carbonyl (C=O) groups is 1. The Bertz CT molecular complexity index is 1110. The fourth-order valence-corrected chi connectivity index (χ4v) is 4.47. The van der Waals surface area contributed by atoms with E-state index in [1.165, 1.54) is 6.07 Å². The normalized spacial score (nSPS) is 15.5. The standard InChI is InChI=1S/C23H33FN8O/c1-14(2)32(15(3)4)23(33)28-19-13-25-29-21(19)22-26-17-11-16(24)20(12-18(17)27-22)31-8-6-7-30(5)9-10-31/h11-15H,6-10H2,1-5H3,(H,25,29)(H,26,27)(H,28,33). The number of fused-ring (bicyclic) bond motifs is 1. The van der Waals surface area contributed by atoms with E-state index in [0.717, 1.165) is 38.1 Å². The molecule has 1 fully saturated rings. The number of imidazole rings is 1. The molecule has 33 heavy (non-hydrogen) atoms. The summed E-state index contributed by atoms with van der Waals surface area (Å²) < 4.78 is 15.0. The number of rotatable bonds is 5. The van der Waals surface area contributed by atoms with E-state index in [4.69, 9.17) is 0 Å². The summed E-state index contributed by atoms with van der Waals surface area (Å²) in [6.07, 6.45) is 2.61. The van der Waals surface area contributed by atoms with Gasteiger partial charge in [0.15, 0.2) is 11.5 Å². The van der Waals surface area contributed by atoms with Crippen LogP contribution >= 0.6 is 0 Å². The molecule has 2 amide bonds. The lowest BCUT2D eigenvalue weighted by Crippen LogP contribution is -2.44. The Hall–Kier alpha value is -3.14. The molecule has 0 bridgehead atoms. The number of hydrogen-bond donors (Lipinski definition) is 3. The summed E-state index contributed by atoms with van der Waals surface area (Å²) in [6, 6.07) is 3.16. The van der Waals surface area contributed by atoms with Crippen molar-refractivity contribution < 1.29 is 9.18 Å². The summed E-state index contributed by atoms with van der Waals surface area (Å²) in [4.78, 5) is 26.8. The van der Waals surface area contributed by atoms with Crippen LogP contribution in [0.3, 0.4) is 0 Å². The van der Waals surface area contributed by atoms with Gasteiger partial charge in [0.1, 0.15) is 5.82 Å². The first-order chi connectivity index (χ1) is 15.7. The third kappa shape index (κ3) is 4.80. The zero-order valence-corrected chi connectivity index (χ0v) is 19.9. The molecule has 9 nitrogen and oxygen atoms in total. The van der Waals surface area contributed by atoms with Crippen molar-refractivity contribution in [2.45, 2.75) is 46.2 Å². The number of carbonyl (C=O) groups excluding carboxylic acids is 1. The van der Waals surface area contributed by atoms with Crippen LogP contribution in [0, 0.1) is 5.82 Å². The lowest BCUT2D eigenvalue weighted by atomic mass is 10.2. The van der Waals surface area contributed by atoms with Crippen LogP contribution in [0.2, 0.25) is 0 Å². The quantitative estimate of drug-likeness (QED) is 0.541. The largest absolute Gasteiger partial charge is 0.368 e. The van der Waals surface area contributed by atoms with E-state index in [0.29, 0.717) is 28.4 Å². The number of urea groups is 1. The van der Waals surface area contributed by atoms with Crippen LogP contribution in [0.4, 0.5) is 20.6 Å². The van der Waals surface area contributed by atoms with E-state index in [1.54, 1.807) is 11.1 Å². The van der Waals surface area contributed by atoms with Gasteiger partial charge in [0, 0.05) is 44.0 Å². The summed E-state index contributed by atoms with van der Waals surface area (Å²) in [5.74, 6) is 0.180. The van der Waals surface area contributed by atoms with E-state index in [-0.39, 0.29) is 23.9 Å². The molecule has 3 aromatic rings. The summed E-state index contributed by atoms with van der Waals surface area (Å²) >= 11 is 0. The maximum Gasteiger partial charge on any atom is 0.322 e. The van der Waals surface area contributed by atoms with Crippen molar-refractivity contribution in [3.8, 4) is 11.5 Å². The van der Waals surface area contributed by atoms with Crippen molar-refractivity contribution >= 4 is 28.4 Å². The predicted molar refractivity (Wildman–Crippen MR) is 129 cm³/mol. The Morgan fingerprint density at radius 3 is 2.64 bits per heavy atom. The van der Waals surface area contributed by atoms with Crippen LogP contribution in [-0.4, -0.2) is 81.3 Å². The van der Waals surface area contributed by atoms with E-state index in [2.05, 4.69) is 42.3 Å². The van der Waals surface area contributed by atoms with Crippen LogP contribution in [0.5, 0.6) is 0 Å². The Morgan fingerprint density at radius 1 is 1.15 bits per heavy atom. The van der Waals surface area contributed by atoms with Gasteiger partial charge in [-0.1, -0.05) is 0 Å². The van der Waals surface area contributed by atoms with Gasteiger partial charge < -0.3 is 25.0 Å². The molecule has 0 spiro atoms. The Balaban J connectivity index is 1.61. The third-order valence-electron chi connectivity index (χ3n) is 6.06. The zero-order valence-electron chi connectivity index (χ0n) is 19.9. The predicted octanol–water partition coefficient (Wildman–Crippen LogP) is 3.88. The molecule has 3 N–H and O–H groups in total. The van der Waals surface area contributed by atoms with Crippen molar-refractivity contribution in [3.05, 3.63) is 24.1 Å². The lowest BCUT2D eigenvalue weighted by molar-refractivity contribution is 0.178. The van der Waals surface area contributed by atoms with Gasteiger partial charge in [0.2, 0.25) is 0 Å². The molecule has 0 unspecified atom stereocenters. The number of aromatic amines is 2. The van der Waals surface area contributed by atoms with Gasteiger partial charge in [-0.05, 0) is 53.8 Å². The second kappa shape index (κ2) is 9.38. The maximum absolute atomic E-state index is 15.0. The number of H-pyrrole nitrogens is 2. The fourth-order valence-electron chi connectivity index (χ4n) is 4.47. The Labute approximate surface area is 193 Å². The highest BCUT2D eigenvalue weighted by Gasteiger charge is 2.23. The Morgan fingerprint density at radius 2 is 1.91 bits per heavy atom. The minimum absolute atomic E-state index is 0.0479. The molecular weight excluding hydrogens is 423 g/mol. The van der Waals surface area contributed by atoms with Crippen molar-refractivity contribution in [3.63, 3.8) is 0 Å². The van der Waals surface area contributed by atoms with Crippen LogP contribution in [0.25, 0.3) is 22.6 Å². The second-order valence-corrected chi connectivity index (χ2v) is 9.22. The fraction of sp³-hybridized carbons (Fsp3) is 0.522. The summed E-state index contributed by atoms with van der Waals surface area (Å²) in [6.45, 7) is 11.4. The highest BCUT2D eigenvalue weighted by molar-refractivity contribution is 5.94. The number of anilines is 2. The van der Waals surface area contributed by atoms with Gasteiger partial charge in [-0.2, -0.15) is 5.10 Å². The molecular formula is C23H33FN8O. The van der Waals surface area contributed by atoms with Gasteiger partial charge in [0.05, 0.1) is 22.4 Å². The molecule has 1 aliphatic rings. The molecule has 0 aliphatic carbocycles. The van der Waals surface area contributed by atoms with Gasteiger partial charge in [-0.15, -0.1) is 0 Å². The topological polar surface area (TPSA) is 96.2 Å². The zero-order chi connectivity index (χ0) is 23.7. The molecule has 2 aromatic heterocycles. The van der Waals surface area contributed by atoms with Crippen molar-refractivity contribution in [1.29, 1.82) is 0 Å². The minimum Gasteiger partial charge on any atom is -0.368 e. The summed E-state index contributed by atoms with van der Waals surface area (Å²) in [5, 5.41) is 10.0. The van der Waals surface area contributed by atoms with Gasteiger partial charge in [-0.3, -0.25) is 5.10 Å². The van der Waals surface area contributed by atoms with E-state index >= 15 is 0 Å². The highest BCUT2D eigenvalue weighted by atomic mass is 19.1. The van der Waals surface area contributed by atoms with Crippen LogP contribution < -0.4 is 10.2 Å². The smallest absolute Gasteiger partial charge is 0.322 e. The van der Waals surface area contributed by atoms with Crippen LogP contribution in [-0.2, 0) is 0 Å². The molecule has 178 valence electrons. The summed E-state index contributed by atoms with van der Waals surface area (Å²) in [7, 11) is 2.09. The van der Waals surface area contributed by atoms with Gasteiger partial charge in [-0.25, -0.2) is 14.2 Å². The molecule has 0 atom stereocenters. The van der Waals surface area contributed by atoms with Gasteiger partial charge >= 0.3 is 6.03 Å². The van der Waals surface area contributed by atoms with Gasteiger partial charge in [0.25, 0.3) is 0 Å². The Kier molecular flexibility index (Phi) is 6.55. The number of hydrogen-bond acceptors (Lipinski definition) is 5. The highest BCUT2D eigenvalue weighted by Crippen LogP contribution is 2.30. The molecule has 4 rings (SSSR count). The summed E-state index contributed by atoms with van der Waals surface area (Å²) in [5.41, 5.74) is 2.81. The lowest BCUT2D eigenvalue weighted by Gasteiger charge is -2.30. The molecule has 3 heterocycles. The molecule has 0 radical (unpaired) electrons. The number of nitrogens with zero attached hydrogens (tertiary/aromatic N) is 5. The van der Waals surface area contributed by atoms with Crippen molar-refractivity contribution in [2.24, 2.45) is 0 Å². The molecule has 1 aliphatic heterocycles. The van der Waals surface area contributed by atoms with Crippen LogP contribution in [0.1, 0.15) is 34.1 Å². The number of halogens is 1. The number of amides is 2. The monoisotopic (exact) mass is 456 g/mol. The number of benzene rings is 1. The molecule has 1 saturated heterocycles. The number of likely N-dealkylation sites (N-methyl/N-ethyl adjacent to an activating group) is 1. The van der Waals surface area contributed by atoms with Crippen LogP contribution in [0.15, 0.2) is 18.3 Å². The SMILES string of the molecule is CC(C)N(C(=O)Nc1c[nH]nc1-c1nc2cc(F)c(N3CCCN(C)CC3)cc2[nH]1)C(C)C. The second-order valence-electron chi connectivity index (χ2n) is 9.22. The van der Waals surface area contributed by atoms with Crippen molar-refractivity contribution in [2.75, 3.05) is 43.4 Å². The molecule has 10 heteroatoms. The first-order valence-corrected chi connectivity index (χ1v) is 11.5. The molecule has 0 saturated carbocycles. The van der Waals surface area contributed by atoms with E-state index < -0.39 is 0 Å². The maximum atomic E-state index is 15.0.